The molecule has 1 heterocycles. The molecule has 1 aromatic heterocycles. The van der Waals surface area contributed by atoms with Crippen LogP contribution >= 0.6 is 23.2 Å². The minimum absolute atomic E-state index is 0.236. The number of benzene rings is 1. The lowest BCUT2D eigenvalue weighted by Gasteiger charge is -2.14. The van der Waals surface area contributed by atoms with Gasteiger partial charge in [0.1, 0.15) is 10.8 Å². The summed E-state index contributed by atoms with van der Waals surface area (Å²) in [6.45, 7) is 5.07. The summed E-state index contributed by atoms with van der Waals surface area (Å²) < 4.78 is 5.70. The second kappa shape index (κ2) is 6.93. The van der Waals surface area contributed by atoms with Gasteiger partial charge < -0.3 is 10.1 Å². The molecule has 0 aliphatic heterocycles. The van der Waals surface area contributed by atoms with Gasteiger partial charge in [-0.1, -0.05) is 36.2 Å². The van der Waals surface area contributed by atoms with E-state index in [0.29, 0.717) is 21.7 Å². The molecule has 3 nitrogen and oxygen atoms in total. The summed E-state index contributed by atoms with van der Waals surface area (Å²) in [6.07, 6.45) is 1.72. The Morgan fingerprint density at radius 1 is 1.30 bits per heavy atom. The van der Waals surface area contributed by atoms with Crippen molar-refractivity contribution in [3.8, 4) is 11.6 Å². The molecule has 0 fully saturated rings. The molecule has 5 heteroatoms. The van der Waals surface area contributed by atoms with Crippen molar-refractivity contribution >= 4 is 23.2 Å². The van der Waals surface area contributed by atoms with Crippen LogP contribution in [0.1, 0.15) is 25.5 Å². The highest BCUT2D eigenvalue weighted by Gasteiger charge is 2.09. The third kappa shape index (κ3) is 3.63. The molecule has 0 bridgehead atoms. The van der Waals surface area contributed by atoms with Crippen LogP contribution in [0.25, 0.3) is 0 Å². The molecule has 0 saturated heterocycles. The number of hydrogen-bond acceptors (Lipinski definition) is 3. The molecule has 1 atom stereocenters. The second-order valence-electron chi connectivity index (χ2n) is 4.36. The molecule has 20 heavy (non-hydrogen) atoms. The van der Waals surface area contributed by atoms with Gasteiger partial charge in [-0.25, -0.2) is 4.98 Å². The molecular formula is C15H16Cl2N2O. The Kier molecular flexibility index (Phi) is 5.24. The molecule has 1 unspecified atom stereocenters. The van der Waals surface area contributed by atoms with E-state index in [1.807, 2.05) is 12.1 Å². The predicted molar refractivity (Wildman–Crippen MR) is 82.9 cm³/mol. The zero-order valence-electron chi connectivity index (χ0n) is 11.4. The van der Waals surface area contributed by atoms with Crippen molar-refractivity contribution in [1.82, 2.24) is 10.3 Å². The summed E-state index contributed by atoms with van der Waals surface area (Å²) in [5.74, 6) is 0.997. The Bertz CT molecular complexity index is 590. The van der Waals surface area contributed by atoms with Gasteiger partial charge in [0.25, 0.3) is 0 Å². The van der Waals surface area contributed by atoms with E-state index in [2.05, 4.69) is 24.1 Å². The van der Waals surface area contributed by atoms with Gasteiger partial charge in [0.15, 0.2) is 0 Å². The van der Waals surface area contributed by atoms with Gasteiger partial charge in [0.05, 0.1) is 5.02 Å². The number of halogens is 2. The number of pyridine rings is 1. The van der Waals surface area contributed by atoms with Gasteiger partial charge >= 0.3 is 0 Å². The van der Waals surface area contributed by atoms with Gasteiger partial charge in [0.2, 0.25) is 5.88 Å². The fraction of sp³-hybridized carbons (Fsp3) is 0.267. The molecule has 0 aliphatic rings. The number of nitrogens with zero attached hydrogens (tertiary/aromatic N) is 1. The Balaban J connectivity index is 2.21. The lowest BCUT2D eigenvalue weighted by molar-refractivity contribution is 0.460. The number of ether oxygens (including phenoxy) is 1. The van der Waals surface area contributed by atoms with Crippen LogP contribution < -0.4 is 10.1 Å². The number of hydrogen-bond donors (Lipinski definition) is 1. The zero-order chi connectivity index (χ0) is 14.5. The predicted octanol–water partition coefficient (Wildman–Crippen LogP) is 4.85. The van der Waals surface area contributed by atoms with Crippen LogP contribution in [0, 0.1) is 0 Å². The molecule has 0 aliphatic carbocycles. The van der Waals surface area contributed by atoms with Crippen molar-refractivity contribution in [1.29, 1.82) is 0 Å². The normalized spacial score (nSPS) is 12.2. The van der Waals surface area contributed by atoms with E-state index in [1.54, 1.807) is 24.4 Å². The van der Waals surface area contributed by atoms with Gasteiger partial charge in [-0.2, -0.15) is 0 Å². The summed E-state index contributed by atoms with van der Waals surface area (Å²) in [7, 11) is 0. The lowest BCUT2D eigenvalue weighted by atomic mass is 10.1. The average molecular weight is 311 g/mol. The molecule has 1 N–H and O–H groups in total. The quantitative estimate of drug-likeness (QED) is 0.857. The van der Waals surface area contributed by atoms with Crippen molar-refractivity contribution in [2.45, 2.75) is 19.9 Å². The zero-order valence-corrected chi connectivity index (χ0v) is 12.9. The van der Waals surface area contributed by atoms with Crippen LogP contribution in [-0.4, -0.2) is 11.5 Å². The van der Waals surface area contributed by atoms with E-state index in [4.69, 9.17) is 27.9 Å². The summed E-state index contributed by atoms with van der Waals surface area (Å²) >= 11 is 12.1. The first kappa shape index (κ1) is 15.1. The molecule has 0 spiro atoms. The van der Waals surface area contributed by atoms with Crippen LogP contribution in [0.2, 0.25) is 10.0 Å². The third-order valence-electron chi connectivity index (χ3n) is 2.90. The van der Waals surface area contributed by atoms with Crippen LogP contribution in [-0.2, 0) is 0 Å². The van der Waals surface area contributed by atoms with Crippen molar-refractivity contribution in [2.24, 2.45) is 0 Å². The topological polar surface area (TPSA) is 34.2 Å². The highest BCUT2D eigenvalue weighted by Crippen LogP contribution is 2.34. The average Bonchev–Trinajstić information content (AvgIpc) is 2.44. The van der Waals surface area contributed by atoms with Crippen molar-refractivity contribution in [2.75, 3.05) is 6.54 Å². The van der Waals surface area contributed by atoms with Crippen LogP contribution in [0.15, 0.2) is 36.5 Å². The minimum atomic E-state index is 0.236. The molecule has 0 saturated carbocycles. The van der Waals surface area contributed by atoms with E-state index in [1.165, 1.54) is 0 Å². The molecule has 2 rings (SSSR count). The summed E-state index contributed by atoms with van der Waals surface area (Å²) in [5, 5.41) is 4.19. The lowest BCUT2D eigenvalue weighted by Crippen LogP contribution is -2.17. The maximum absolute atomic E-state index is 6.10. The fourth-order valence-electron chi connectivity index (χ4n) is 1.85. The van der Waals surface area contributed by atoms with Crippen LogP contribution in [0.3, 0.4) is 0 Å². The van der Waals surface area contributed by atoms with Crippen LogP contribution in [0.5, 0.6) is 11.6 Å². The largest absolute Gasteiger partial charge is 0.437 e. The first-order chi connectivity index (χ1) is 9.61. The fourth-order valence-corrected chi connectivity index (χ4v) is 2.18. The van der Waals surface area contributed by atoms with Crippen molar-refractivity contribution in [3.05, 3.63) is 52.1 Å². The summed E-state index contributed by atoms with van der Waals surface area (Å²) in [6, 6.07) is 9.35. The molecule has 0 radical (unpaired) electrons. The smallest absolute Gasteiger partial charge is 0.219 e. The first-order valence-corrected chi connectivity index (χ1v) is 7.18. The Morgan fingerprint density at radius 3 is 2.85 bits per heavy atom. The molecule has 2 aromatic rings. The standard InChI is InChI=1S/C15H16Cl2N2O/c1-3-18-10(2)11-7-8-19-14(9-11)20-13-6-4-5-12(16)15(13)17/h4-10,18H,3H2,1-2H3. The van der Waals surface area contributed by atoms with Gasteiger partial charge in [-0.15, -0.1) is 0 Å². The number of rotatable bonds is 5. The van der Waals surface area contributed by atoms with Gasteiger partial charge in [0, 0.05) is 18.3 Å². The monoisotopic (exact) mass is 310 g/mol. The Labute approximate surface area is 128 Å². The number of aromatic nitrogens is 1. The van der Waals surface area contributed by atoms with E-state index in [9.17, 15) is 0 Å². The summed E-state index contributed by atoms with van der Waals surface area (Å²) in [5.41, 5.74) is 1.11. The maximum atomic E-state index is 6.10. The summed E-state index contributed by atoms with van der Waals surface area (Å²) in [4.78, 5) is 4.20. The van der Waals surface area contributed by atoms with Crippen LogP contribution in [0.4, 0.5) is 0 Å². The van der Waals surface area contributed by atoms with E-state index in [-0.39, 0.29) is 6.04 Å². The molecule has 0 amide bonds. The van der Waals surface area contributed by atoms with E-state index < -0.39 is 0 Å². The van der Waals surface area contributed by atoms with Crippen molar-refractivity contribution < 1.29 is 4.74 Å². The maximum Gasteiger partial charge on any atom is 0.219 e. The van der Waals surface area contributed by atoms with Crippen molar-refractivity contribution in [3.63, 3.8) is 0 Å². The molecule has 106 valence electrons. The van der Waals surface area contributed by atoms with Gasteiger partial charge in [-0.3, -0.25) is 0 Å². The molecular weight excluding hydrogens is 295 g/mol. The van der Waals surface area contributed by atoms with E-state index in [0.717, 1.165) is 12.1 Å². The third-order valence-corrected chi connectivity index (χ3v) is 3.70. The van der Waals surface area contributed by atoms with E-state index >= 15 is 0 Å². The molecule has 1 aromatic carbocycles. The SMILES string of the molecule is CCNC(C)c1ccnc(Oc2cccc(Cl)c2Cl)c1. The first-order valence-electron chi connectivity index (χ1n) is 6.43. The number of nitrogens with one attached hydrogen (secondary N) is 1. The second-order valence-corrected chi connectivity index (χ2v) is 5.15. The minimum Gasteiger partial charge on any atom is -0.437 e. The Morgan fingerprint density at radius 2 is 2.10 bits per heavy atom. The highest BCUT2D eigenvalue weighted by molar-refractivity contribution is 6.42. The highest BCUT2D eigenvalue weighted by atomic mass is 35.5. The Hall–Kier alpha value is -1.29. The van der Waals surface area contributed by atoms with Gasteiger partial charge in [-0.05, 0) is 37.2 Å².